The molecule has 0 saturated heterocycles. The van der Waals surface area contributed by atoms with E-state index in [2.05, 4.69) is 48.1 Å². The van der Waals surface area contributed by atoms with Crippen molar-refractivity contribution in [3.63, 3.8) is 0 Å². The average Bonchev–Trinajstić information content (AvgIpc) is 2.88. The van der Waals surface area contributed by atoms with Crippen molar-refractivity contribution in [2.45, 2.75) is 104 Å². The van der Waals surface area contributed by atoms with E-state index in [0.29, 0.717) is 6.10 Å². The fourth-order valence-corrected chi connectivity index (χ4v) is 4.05. The van der Waals surface area contributed by atoms with Crippen molar-refractivity contribution in [3.8, 4) is 17.1 Å². The minimum atomic E-state index is 0.292. The van der Waals surface area contributed by atoms with Crippen molar-refractivity contribution in [2.75, 3.05) is 26.4 Å². The van der Waals surface area contributed by atoms with Crippen molar-refractivity contribution >= 4 is 0 Å². The van der Waals surface area contributed by atoms with E-state index in [9.17, 15) is 0 Å². The lowest BCUT2D eigenvalue weighted by Crippen LogP contribution is -2.11. The second-order valence-corrected chi connectivity index (χ2v) is 9.39. The Morgan fingerprint density at radius 1 is 0.743 bits per heavy atom. The molecule has 196 valence electrons. The predicted octanol–water partition coefficient (Wildman–Crippen LogP) is 7.82. The summed E-state index contributed by atoms with van der Waals surface area (Å²) in [5.74, 6) is 1.49. The number of aryl methyl sites for hydroxylation is 1. The van der Waals surface area contributed by atoms with Gasteiger partial charge in [-0.1, -0.05) is 76.1 Å². The number of nitrogens with zero attached hydrogens (tertiary/aromatic N) is 2. The SMILES string of the molecule is CCCCCCCCCCOc1cnc(-c2ccc(CCCC(C)OCCCOCC)cc2)nc1. The molecule has 2 rings (SSSR count). The third kappa shape index (κ3) is 13.6. The van der Waals surface area contributed by atoms with Gasteiger partial charge in [-0.25, -0.2) is 9.97 Å². The first-order chi connectivity index (χ1) is 17.2. The number of hydrogen-bond donors (Lipinski definition) is 0. The predicted molar refractivity (Wildman–Crippen MR) is 145 cm³/mol. The molecule has 1 unspecified atom stereocenters. The third-order valence-electron chi connectivity index (χ3n) is 6.22. The van der Waals surface area contributed by atoms with E-state index in [-0.39, 0.29) is 0 Å². The molecule has 0 spiro atoms. The van der Waals surface area contributed by atoms with E-state index in [1.165, 1.54) is 50.5 Å². The van der Waals surface area contributed by atoms with E-state index in [0.717, 1.165) is 75.7 Å². The lowest BCUT2D eigenvalue weighted by Gasteiger charge is -2.13. The minimum Gasteiger partial charge on any atom is -0.490 e. The summed E-state index contributed by atoms with van der Waals surface area (Å²) in [6.07, 6.45) is 18.5. The van der Waals surface area contributed by atoms with Crippen LogP contribution in [0.15, 0.2) is 36.7 Å². The van der Waals surface area contributed by atoms with Crippen molar-refractivity contribution in [1.82, 2.24) is 9.97 Å². The van der Waals surface area contributed by atoms with E-state index in [1.54, 1.807) is 12.4 Å². The van der Waals surface area contributed by atoms with Crippen LogP contribution in [0, 0.1) is 0 Å². The van der Waals surface area contributed by atoms with Crippen LogP contribution in [0.25, 0.3) is 11.4 Å². The van der Waals surface area contributed by atoms with Gasteiger partial charge in [-0.05, 0) is 51.5 Å². The number of aromatic nitrogens is 2. The van der Waals surface area contributed by atoms with Crippen LogP contribution < -0.4 is 4.74 Å². The third-order valence-corrected chi connectivity index (χ3v) is 6.22. The monoisotopic (exact) mass is 484 g/mol. The molecule has 2 aromatic rings. The number of benzene rings is 1. The lowest BCUT2D eigenvalue weighted by molar-refractivity contribution is 0.0394. The van der Waals surface area contributed by atoms with Crippen LogP contribution in [0.2, 0.25) is 0 Å². The van der Waals surface area contributed by atoms with Crippen LogP contribution in [-0.4, -0.2) is 42.5 Å². The lowest BCUT2D eigenvalue weighted by atomic mass is 10.0. The summed E-state index contributed by atoms with van der Waals surface area (Å²) < 4.78 is 17.0. The van der Waals surface area contributed by atoms with Crippen molar-refractivity contribution in [2.24, 2.45) is 0 Å². The summed E-state index contributed by atoms with van der Waals surface area (Å²) in [5, 5.41) is 0. The molecule has 0 aliphatic carbocycles. The van der Waals surface area contributed by atoms with E-state index in [4.69, 9.17) is 14.2 Å². The normalized spacial score (nSPS) is 12.1. The second-order valence-electron chi connectivity index (χ2n) is 9.39. The van der Waals surface area contributed by atoms with Gasteiger partial charge in [0.1, 0.15) is 0 Å². The average molecular weight is 485 g/mol. The molecular weight excluding hydrogens is 436 g/mol. The molecule has 35 heavy (non-hydrogen) atoms. The summed E-state index contributed by atoms with van der Waals surface area (Å²) in [6, 6.07) is 8.58. The van der Waals surface area contributed by atoms with Gasteiger partial charge in [-0.15, -0.1) is 0 Å². The first-order valence-corrected chi connectivity index (χ1v) is 14.0. The molecule has 1 aromatic carbocycles. The highest BCUT2D eigenvalue weighted by Crippen LogP contribution is 2.19. The number of unbranched alkanes of at least 4 members (excludes halogenated alkanes) is 7. The number of ether oxygens (including phenoxy) is 3. The van der Waals surface area contributed by atoms with Crippen molar-refractivity contribution in [3.05, 3.63) is 42.2 Å². The molecule has 0 fully saturated rings. The zero-order valence-electron chi connectivity index (χ0n) is 22.5. The van der Waals surface area contributed by atoms with Crippen molar-refractivity contribution < 1.29 is 14.2 Å². The molecule has 0 aliphatic rings. The second kappa shape index (κ2) is 19.2. The van der Waals surface area contributed by atoms with E-state index >= 15 is 0 Å². The van der Waals surface area contributed by atoms with Gasteiger partial charge in [0.2, 0.25) is 0 Å². The molecule has 1 atom stereocenters. The smallest absolute Gasteiger partial charge is 0.159 e. The standard InChI is InChI=1S/C30H48N2O3/c1-4-6-7-8-9-10-11-12-22-35-29-24-31-30(32-25-29)28-19-17-27(18-20-28)16-13-15-26(3)34-23-14-21-33-5-2/h17-20,24-26H,4-16,21-23H2,1-3H3. The van der Waals surface area contributed by atoms with Crippen LogP contribution in [0.4, 0.5) is 0 Å². The topological polar surface area (TPSA) is 53.5 Å². The fourth-order valence-electron chi connectivity index (χ4n) is 4.05. The number of rotatable bonds is 21. The Hall–Kier alpha value is -1.98. The summed E-state index contributed by atoms with van der Waals surface area (Å²) in [5.41, 5.74) is 2.37. The van der Waals surface area contributed by atoms with E-state index in [1.807, 2.05) is 6.92 Å². The van der Waals surface area contributed by atoms with Crippen molar-refractivity contribution in [1.29, 1.82) is 0 Å². The minimum absolute atomic E-state index is 0.292. The van der Waals surface area contributed by atoms with Gasteiger partial charge >= 0.3 is 0 Å². The zero-order chi connectivity index (χ0) is 25.0. The Bertz CT molecular complexity index is 749. The Kier molecular flexibility index (Phi) is 16.1. The van der Waals surface area contributed by atoms with Crippen LogP contribution in [0.1, 0.15) is 97.0 Å². The first-order valence-electron chi connectivity index (χ1n) is 14.0. The Labute approximate surface area is 214 Å². The van der Waals surface area contributed by atoms with Crippen LogP contribution in [-0.2, 0) is 15.9 Å². The fraction of sp³-hybridized carbons (Fsp3) is 0.667. The van der Waals surface area contributed by atoms with Gasteiger partial charge in [-0.2, -0.15) is 0 Å². The maximum absolute atomic E-state index is 5.86. The van der Waals surface area contributed by atoms with Crippen LogP contribution >= 0.6 is 0 Å². The first kappa shape index (κ1) is 29.3. The molecular formula is C30H48N2O3. The van der Waals surface area contributed by atoms with Gasteiger partial charge in [0, 0.05) is 25.4 Å². The highest BCUT2D eigenvalue weighted by atomic mass is 16.5. The molecule has 1 aromatic heterocycles. The highest BCUT2D eigenvalue weighted by Gasteiger charge is 2.05. The molecule has 1 heterocycles. The molecule has 0 aliphatic heterocycles. The molecule has 0 amide bonds. The summed E-state index contributed by atoms with van der Waals surface area (Å²) in [6.45, 7) is 9.52. The summed E-state index contributed by atoms with van der Waals surface area (Å²) in [4.78, 5) is 9.01. The molecule has 0 radical (unpaired) electrons. The Balaban J connectivity index is 1.60. The quantitative estimate of drug-likeness (QED) is 0.169. The van der Waals surface area contributed by atoms with Crippen LogP contribution in [0.3, 0.4) is 0 Å². The highest BCUT2D eigenvalue weighted by molar-refractivity contribution is 5.55. The molecule has 5 heteroatoms. The van der Waals surface area contributed by atoms with Gasteiger partial charge < -0.3 is 14.2 Å². The van der Waals surface area contributed by atoms with Gasteiger partial charge in [0.25, 0.3) is 0 Å². The summed E-state index contributed by atoms with van der Waals surface area (Å²) in [7, 11) is 0. The van der Waals surface area contributed by atoms with Gasteiger partial charge in [0.15, 0.2) is 11.6 Å². The largest absolute Gasteiger partial charge is 0.490 e. The number of hydrogen-bond acceptors (Lipinski definition) is 5. The molecule has 0 saturated carbocycles. The molecule has 0 N–H and O–H groups in total. The molecule has 0 bridgehead atoms. The maximum Gasteiger partial charge on any atom is 0.159 e. The van der Waals surface area contributed by atoms with Crippen LogP contribution in [0.5, 0.6) is 5.75 Å². The van der Waals surface area contributed by atoms with Gasteiger partial charge in [0.05, 0.1) is 25.1 Å². The van der Waals surface area contributed by atoms with Gasteiger partial charge in [-0.3, -0.25) is 0 Å². The maximum atomic E-state index is 5.86. The van der Waals surface area contributed by atoms with E-state index < -0.39 is 0 Å². The Morgan fingerprint density at radius 2 is 1.43 bits per heavy atom. The molecule has 5 nitrogen and oxygen atoms in total. The Morgan fingerprint density at radius 3 is 2.11 bits per heavy atom. The zero-order valence-corrected chi connectivity index (χ0v) is 22.5. The summed E-state index contributed by atoms with van der Waals surface area (Å²) >= 11 is 0.